The average Bonchev–Trinajstić information content (AvgIpc) is 2.36. The van der Waals surface area contributed by atoms with Gasteiger partial charge in [-0.25, -0.2) is 0 Å². The number of hydrogen-bond acceptors (Lipinski definition) is 3. The maximum Gasteiger partial charge on any atom is 0.0615 e. The van der Waals surface area contributed by atoms with E-state index in [1.165, 1.54) is 25.7 Å². The number of nitrogens with one attached hydrogen (secondary N) is 1. The van der Waals surface area contributed by atoms with Crippen LogP contribution in [0.1, 0.15) is 52.4 Å². The minimum atomic E-state index is 0.475. The summed E-state index contributed by atoms with van der Waals surface area (Å²) in [5.74, 6) is 1.61. The van der Waals surface area contributed by atoms with E-state index in [-0.39, 0.29) is 0 Å². The molecule has 1 saturated carbocycles. The zero-order valence-electron chi connectivity index (χ0n) is 12.5. The molecule has 3 unspecified atom stereocenters. The Kier molecular flexibility index (Phi) is 7.87. The van der Waals surface area contributed by atoms with Crippen LogP contribution >= 0.6 is 0 Å². The van der Waals surface area contributed by atoms with Gasteiger partial charge in [0.15, 0.2) is 0 Å². The first-order valence-electron chi connectivity index (χ1n) is 7.64. The van der Waals surface area contributed by atoms with E-state index in [4.69, 9.17) is 10.5 Å². The number of ether oxygens (including phenoxy) is 1. The van der Waals surface area contributed by atoms with Crippen molar-refractivity contribution in [3.8, 4) is 0 Å². The average molecular weight is 256 g/mol. The molecule has 0 aromatic heterocycles. The highest BCUT2D eigenvalue weighted by Crippen LogP contribution is 2.30. The fourth-order valence-electron chi connectivity index (χ4n) is 3.25. The highest BCUT2D eigenvalue weighted by molar-refractivity contribution is 4.85. The molecule has 0 aliphatic heterocycles. The quantitative estimate of drug-likeness (QED) is 0.701. The maximum atomic E-state index is 5.61. The lowest BCUT2D eigenvalue weighted by molar-refractivity contribution is 0.128. The van der Waals surface area contributed by atoms with Crippen molar-refractivity contribution in [1.82, 2.24) is 5.32 Å². The zero-order valence-corrected chi connectivity index (χ0v) is 12.5. The van der Waals surface area contributed by atoms with Gasteiger partial charge in [0.05, 0.1) is 6.61 Å². The van der Waals surface area contributed by atoms with Gasteiger partial charge in [-0.15, -0.1) is 0 Å². The van der Waals surface area contributed by atoms with E-state index in [0.717, 1.165) is 37.8 Å². The first-order chi connectivity index (χ1) is 8.69. The van der Waals surface area contributed by atoms with E-state index < -0.39 is 0 Å². The first-order valence-corrected chi connectivity index (χ1v) is 7.64. The molecule has 0 spiro atoms. The Morgan fingerprint density at radius 1 is 1.28 bits per heavy atom. The van der Waals surface area contributed by atoms with Gasteiger partial charge in [0.25, 0.3) is 0 Å². The third kappa shape index (κ3) is 5.25. The molecule has 3 atom stereocenters. The molecule has 1 aliphatic carbocycles. The van der Waals surface area contributed by atoms with Gasteiger partial charge in [0.2, 0.25) is 0 Å². The van der Waals surface area contributed by atoms with E-state index in [1.807, 2.05) is 0 Å². The Hall–Kier alpha value is -0.120. The van der Waals surface area contributed by atoms with Gasteiger partial charge in [-0.05, 0) is 44.1 Å². The fraction of sp³-hybridized carbons (Fsp3) is 1.00. The normalized spacial score (nSPS) is 26.5. The third-order valence-corrected chi connectivity index (χ3v) is 4.25. The molecule has 0 aromatic carbocycles. The number of methoxy groups -OCH3 is 1. The van der Waals surface area contributed by atoms with E-state index in [2.05, 4.69) is 19.2 Å². The van der Waals surface area contributed by atoms with Crippen LogP contribution in [0.3, 0.4) is 0 Å². The summed E-state index contributed by atoms with van der Waals surface area (Å²) in [4.78, 5) is 0. The SMILES string of the molecule is COCC(CCCN)NC1CCCCC1C(C)C. The molecule has 3 N–H and O–H groups in total. The van der Waals surface area contributed by atoms with Gasteiger partial charge in [0, 0.05) is 19.2 Å². The minimum Gasteiger partial charge on any atom is -0.383 e. The highest BCUT2D eigenvalue weighted by atomic mass is 16.5. The highest BCUT2D eigenvalue weighted by Gasteiger charge is 2.28. The molecule has 3 heteroatoms. The van der Waals surface area contributed by atoms with Crippen LogP contribution < -0.4 is 11.1 Å². The van der Waals surface area contributed by atoms with Crippen LogP contribution in [-0.2, 0) is 4.74 Å². The standard InChI is InChI=1S/C15H32N2O/c1-12(2)14-8-4-5-9-15(14)17-13(11-18-3)7-6-10-16/h12-15,17H,4-11,16H2,1-3H3. The molecule has 3 nitrogen and oxygen atoms in total. The van der Waals surface area contributed by atoms with Gasteiger partial charge in [-0.3, -0.25) is 0 Å². The zero-order chi connectivity index (χ0) is 13.4. The predicted octanol–water partition coefficient (Wildman–Crippen LogP) is 2.54. The molecule has 0 amide bonds. The van der Waals surface area contributed by atoms with Crippen molar-refractivity contribution in [2.75, 3.05) is 20.3 Å². The van der Waals surface area contributed by atoms with Gasteiger partial charge in [-0.2, -0.15) is 0 Å². The van der Waals surface area contributed by atoms with Gasteiger partial charge in [-0.1, -0.05) is 26.7 Å². The van der Waals surface area contributed by atoms with Crippen molar-refractivity contribution in [3.05, 3.63) is 0 Å². The van der Waals surface area contributed by atoms with Crippen molar-refractivity contribution in [2.24, 2.45) is 17.6 Å². The number of hydrogen-bond donors (Lipinski definition) is 2. The molecule has 0 radical (unpaired) electrons. The molecule has 108 valence electrons. The van der Waals surface area contributed by atoms with Crippen LogP contribution in [0.4, 0.5) is 0 Å². The molecule has 1 aliphatic rings. The molecule has 0 saturated heterocycles. The summed E-state index contributed by atoms with van der Waals surface area (Å²) in [6.45, 7) is 6.30. The molecule has 18 heavy (non-hydrogen) atoms. The lowest BCUT2D eigenvalue weighted by atomic mass is 9.77. The van der Waals surface area contributed by atoms with E-state index >= 15 is 0 Å². The van der Waals surface area contributed by atoms with Crippen molar-refractivity contribution in [1.29, 1.82) is 0 Å². The largest absolute Gasteiger partial charge is 0.383 e. The Morgan fingerprint density at radius 3 is 2.61 bits per heavy atom. The molecular weight excluding hydrogens is 224 g/mol. The molecule has 0 heterocycles. The number of nitrogens with two attached hydrogens (primary N) is 1. The lowest BCUT2D eigenvalue weighted by Gasteiger charge is -2.37. The second-order valence-corrected chi connectivity index (χ2v) is 6.05. The monoisotopic (exact) mass is 256 g/mol. The summed E-state index contributed by atoms with van der Waals surface area (Å²) in [5.41, 5.74) is 5.61. The van der Waals surface area contributed by atoms with Crippen LogP contribution in [-0.4, -0.2) is 32.3 Å². The van der Waals surface area contributed by atoms with Gasteiger partial charge in [0.1, 0.15) is 0 Å². The maximum absolute atomic E-state index is 5.61. The minimum absolute atomic E-state index is 0.475. The topological polar surface area (TPSA) is 47.3 Å². The molecule has 1 fully saturated rings. The number of rotatable bonds is 8. The van der Waals surface area contributed by atoms with Crippen LogP contribution in [0.15, 0.2) is 0 Å². The van der Waals surface area contributed by atoms with Crippen LogP contribution in [0.2, 0.25) is 0 Å². The first kappa shape index (κ1) is 15.9. The van der Waals surface area contributed by atoms with Crippen LogP contribution in [0.25, 0.3) is 0 Å². The second-order valence-electron chi connectivity index (χ2n) is 6.05. The summed E-state index contributed by atoms with van der Waals surface area (Å²) in [6, 6.07) is 1.15. The van der Waals surface area contributed by atoms with Crippen LogP contribution in [0.5, 0.6) is 0 Å². The van der Waals surface area contributed by atoms with Crippen molar-refractivity contribution >= 4 is 0 Å². The summed E-state index contributed by atoms with van der Waals surface area (Å²) in [5, 5.41) is 3.84. The molecular formula is C15H32N2O. The van der Waals surface area contributed by atoms with E-state index in [1.54, 1.807) is 7.11 Å². The summed E-state index contributed by atoms with van der Waals surface area (Å²) in [6.07, 6.45) is 7.69. The van der Waals surface area contributed by atoms with E-state index in [9.17, 15) is 0 Å². The Bertz CT molecular complexity index is 209. The molecule has 1 rings (SSSR count). The Balaban J connectivity index is 2.48. The smallest absolute Gasteiger partial charge is 0.0615 e. The van der Waals surface area contributed by atoms with Crippen molar-refractivity contribution in [3.63, 3.8) is 0 Å². The van der Waals surface area contributed by atoms with Crippen molar-refractivity contribution in [2.45, 2.75) is 64.5 Å². The third-order valence-electron chi connectivity index (χ3n) is 4.25. The summed E-state index contributed by atoms with van der Waals surface area (Å²) in [7, 11) is 1.79. The van der Waals surface area contributed by atoms with E-state index in [0.29, 0.717) is 12.1 Å². The predicted molar refractivity (Wildman–Crippen MR) is 77.7 cm³/mol. The second kappa shape index (κ2) is 8.89. The van der Waals surface area contributed by atoms with Crippen molar-refractivity contribution < 1.29 is 4.74 Å². The molecule has 0 aromatic rings. The van der Waals surface area contributed by atoms with Gasteiger partial charge >= 0.3 is 0 Å². The van der Waals surface area contributed by atoms with Crippen LogP contribution in [0, 0.1) is 11.8 Å². The fourth-order valence-corrected chi connectivity index (χ4v) is 3.25. The lowest BCUT2D eigenvalue weighted by Crippen LogP contribution is -2.47. The molecule has 0 bridgehead atoms. The summed E-state index contributed by atoms with van der Waals surface area (Å²) >= 11 is 0. The Labute approximate surface area is 113 Å². The Morgan fingerprint density at radius 2 is 2.00 bits per heavy atom. The van der Waals surface area contributed by atoms with Gasteiger partial charge < -0.3 is 15.8 Å². The summed E-state index contributed by atoms with van der Waals surface area (Å²) < 4.78 is 5.33.